The van der Waals surface area contributed by atoms with Gasteiger partial charge in [-0.3, -0.25) is 9.55 Å². The van der Waals surface area contributed by atoms with Gasteiger partial charge in [0.15, 0.2) is 11.5 Å². The van der Waals surface area contributed by atoms with E-state index in [-0.39, 0.29) is 11.5 Å². The van der Waals surface area contributed by atoms with Crippen LogP contribution in [0.5, 0.6) is 0 Å². The van der Waals surface area contributed by atoms with E-state index in [0.29, 0.717) is 23.5 Å². The summed E-state index contributed by atoms with van der Waals surface area (Å²) in [5.74, 6) is 0.805. The van der Waals surface area contributed by atoms with Crippen molar-refractivity contribution in [1.29, 1.82) is 0 Å². The number of nitrogen functional groups attached to an aromatic ring is 1. The first kappa shape index (κ1) is 18.9. The molecule has 0 unspecified atom stereocenters. The number of hydrogen-bond acceptors (Lipinski definition) is 5. The van der Waals surface area contributed by atoms with Crippen molar-refractivity contribution in [2.24, 2.45) is 0 Å². The van der Waals surface area contributed by atoms with E-state index in [1.807, 2.05) is 12.3 Å². The number of imidazole rings is 1. The lowest BCUT2D eigenvalue weighted by atomic mass is 10.0. The van der Waals surface area contributed by atoms with Crippen LogP contribution in [0.15, 0.2) is 47.4 Å². The molecule has 0 amide bonds. The van der Waals surface area contributed by atoms with Crippen molar-refractivity contribution in [2.45, 2.75) is 39.7 Å². The number of hydrogen-bond donors (Lipinski definition) is 2. The first-order valence-electron chi connectivity index (χ1n) is 9.71. The van der Waals surface area contributed by atoms with Crippen LogP contribution in [0.4, 0.5) is 5.82 Å². The van der Waals surface area contributed by atoms with Crippen LogP contribution in [0, 0.1) is 13.8 Å². The lowest BCUT2D eigenvalue weighted by Gasteiger charge is -2.06. The Kier molecular flexibility index (Phi) is 5.12. The number of aromatic amines is 1. The fraction of sp³-hybridized carbons (Fsp3) is 0.273. The normalized spacial score (nSPS) is 11.2. The van der Waals surface area contributed by atoms with Crippen LogP contribution in [-0.2, 0) is 19.4 Å². The van der Waals surface area contributed by atoms with Gasteiger partial charge in [-0.05, 0) is 50.3 Å². The number of pyridine rings is 1. The highest BCUT2D eigenvalue weighted by Gasteiger charge is 2.13. The molecule has 4 aromatic rings. The molecule has 0 aliphatic heterocycles. The molecule has 0 aliphatic rings. The average molecular weight is 388 g/mol. The Morgan fingerprint density at radius 2 is 1.72 bits per heavy atom. The molecule has 4 rings (SSSR count). The zero-order valence-corrected chi connectivity index (χ0v) is 16.6. The molecular weight excluding hydrogens is 364 g/mol. The maximum absolute atomic E-state index is 12.3. The lowest BCUT2D eigenvalue weighted by Crippen LogP contribution is -2.18. The summed E-state index contributed by atoms with van der Waals surface area (Å²) in [6.07, 6.45) is 4.98. The number of rotatable bonds is 6. The molecule has 3 aromatic heterocycles. The zero-order chi connectivity index (χ0) is 20.4. The number of aryl methyl sites for hydroxylation is 4. The molecule has 29 heavy (non-hydrogen) atoms. The van der Waals surface area contributed by atoms with Crippen molar-refractivity contribution in [1.82, 2.24) is 24.5 Å². The molecule has 0 saturated carbocycles. The number of nitrogens with zero attached hydrogens (tertiary/aromatic N) is 4. The third-order valence-electron chi connectivity index (χ3n) is 5.02. The molecule has 0 aliphatic carbocycles. The molecule has 3 heterocycles. The van der Waals surface area contributed by atoms with E-state index in [2.05, 4.69) is 57.2 Å². The standard InChI is InChI=1S/C22H24N6O/c1-14-6-8-16(9-7-14)4-3-5-17-10-11-18(24-12-17)13-28-21-19(27-22(28)29)20(23)25-15(2)26-21/h6-12H,3-5,13H2,1-2H3,(H,27,29)(H2,23,25,26). The van der Waals surface area contributed by atoms with Crippen LogP contribution in [0.1, 0.15) is 34.6 Å². The highest BCUT2D eigenvalue weighted by Crippen LogP contribution is 2.15. The maximum Gasteiger partial charge on any atom is 0.328 e. The van der Waals surface area contributed by atoms with Gasteiger partial charge in [0.05, 0.1) is 12.2 Å². The third-order valence-corrected chi connectivity index (χ3v) is 5.02. The minimum absolute atomic E-state index is 0.268. The Labute approximate surface area is 168 Å². The molecule has 1 aromatic carbocycles. The minimum atomic E-state index is -0.268. The van der Waals surface area contributed by atoms with Crippen LogP contribution in [0.3, 0.4) is 0 Å². The van der Waals surface area contributed by atoms with E-state index in [4.69, 9.17) is 5.73 Å². The molecule has 3 N–H and O–H groups in total. The number of aromatic nitrogens is 5. The Morgan fingerprint density at radius 1 is 1.00 bits per heavy atom. The van der Waals surface area contributed by atoms with Gasteiger partial charge >= 0.3 is 5.69 Å². The Hall–Kier alpha value is -3.48. The van der Waals surface area contributed by atoms with Gasteiger partial charge in [-0.2, -0.15) is 0 Å². The second-order valence-corrected chi connectivity index (χ2v) is 7.37. The largest absolute Gasteiger partial charge is 0.382 e. The molecular formula is C22H24N6O. The SMILES string of the molecule is Cc1ccc(CCCc2ccc(Cn3c(=O)[nH]c4c(N)nc(C)nc43)nc2)cc1. The first-order chi connectivity index (χ1) is 14.0. The smallest absolute Gasteiger partial charge is 0.328 e. The highest BCUT2D eigenvalue weighted by molar-refractivity contribution is 5.81. The fourth-order valence-corrected chi connectivity index (χ4v) is 3.42. The number of anilines is 1. The van der Waals surface area contributed by atoms with Gasteiger partial charge in [0.2, 0.25) is 0 Å². The predicted octanol–water partition coefficient (Wildman–Crippen LogP) is 2.94. The second kappa shape index (κ2) is 7.87. The number of H-pyrrole nitrogens is 1. The summed E-state index contributed by atoms with van der Waals surface area (Å²) in [6.45, 7) is 4.18. The van der Waals surface area contributed by atoms with Crippen LogP contribution in [0.25, 0.3) is 11.2 Å². The summed E-state index contributed by atoms with van der Waals surface area (Å²) in [6, 6.07) is 12.7. The second-order valence-electron chi connectivity index (χ2n) is 7.37. The monoisotopic (exact) mass is 388 g/mol. The Morgan fingerprint density at radius 3 is 2.45 bits per heavy atom. The number of nitrogens with one attached hydrogen (secondary N) is 1. The van der Waals surface area contributed by atoms with E-state index in [0.717, 1.165) is 25.0 Å². The number of benzene rings is 1. The molecule has 0 atom stereocenters. The molecule has 7 nitrogen and oxygen atoms in total. The predicted molar refractivity (Wildman–Crippen MR) is 114 cm³/mol. The van der Waals surface area contributed by atoms with Crippen molar-refractivity contribution in [2.75, 3.05) is 5.73 Å². The maximum atomic E-state index is 12.3. The molecule has 0 bridgehead atoms. The van der Waals surface area contributed by atoms with Crippen molar-refractivity contribution >= 4 is 17.0 Å². The van der Waals surface area contributed by atoms with Crippen molar-refractivity contribution in [3.63, 3.8) is 0 Å². The fourth-order valence-electron chi connectivity index (χ4n) is 3.42. The minimum Gasteiger partial charge on any atom is -0.382 e. The van der Waals surface area contributed by atoms with Crippen LogP contribution in [0.2, 0.25) is 0 Å². The van der Waals surface area contributed by atoms with Crippen LogP contribution >= 0.6 is 0 Å². The molecule has 148 valence electrons. The lowest BCUT2D eigenvalue weighted by molar-refractivity contribution is 0.750. The topological polar surface area (TPSA) is 102 Å². The number of nitrogens with two attached hydrogens (primary N) is 1. The summed E-state index contributed by atoms with van der Waals surface area (Å²) in [5, 5.41) is 0. The molecule has 0 fully saturated rings. The van der Waals surface area contributed by atoms with Crippen LogP contribution in [-0.4, -0.2) is 24.5 Å². The van der Waals surface area contributed by atoms with Crippen molar-refractivity contribution < 1.29 is 0 Å². The van der Waals surface area contributed by atoms with Crippen LogP contribution < -0.4 is 11.4 Å². The highest BCUT2D eigenvalue weighted by atomic mass is 16.1. The quantitative estimate of drug-likeness (QED) is 0.529. The molecule has 7 heteroatoms. The molecule has 0 radical (unpaired) electrons. The Bertz CT molecular complexity index is 1190. The third kappa shape index (κ3) is 4.18. The van der Waals surface area contributed by atoms with Gasteiger partial charge in [0, 0.05) is 6.20 Å². The first-order valence-corrected chi connectivity index (χ1v) is 9.71. The van der Waals surface area contributed by atoms with E-state index >= 15 is 0 Å². The summed E-state index contributed by atoms with van der Waals surface area (Å²) < 4.78 is 1.54. The molecule has 0 spiro atoms. The number of fused-ring (bicyclic) bond motifs is 1. The van der Waals surface area contributed by atoms with Gasteiger partial charge in [-0.15, -0.1) is 0 Å². The van der Waals surface area contributed by atoms with Gasteiger partial charge in [-0.1, -0.05) is 35.9 Å². The van der Waals surface area contributed by atoms with Crippen molar-refractivity contribution in [3.8, 4) is 0 Å². The average Bonchev–Trinajstić information content (AvgIpc) is 3.01. The van der Waals surface area contributed by atoms with Gasteiger partial charge in [0.1, 0.15) is 11.3 Å². The molecule has 0 saturated heterocycles. The van der Waals surface area contributed by atoms with Gasteiger partial charge in [-0.25, -0.2) is 14.8 Å². The van der Waals surface area contributed by atoms with Crippen molar-refractivity contribution in [3.05, 3.63) is 81.3 Å². The summed E-state index contributed by atoms with van der Waals surface area (Å²) in [4.78, 5) is 28.0. The van der Waals surface area contributed by atoms with Gasteiger partial charge in [0.25, 0.3) is 0 Å². The summed E-state index contributed by atoms with van der Waals surface area (Å²) in [5.41, 5.74) is 11.2. The van der Waals surface area contributed by atoms with E-state index < -0.39 is 0 Å². The van der Waals surface area contributed by atoms with E-state index in [9.17, 15) is 4.79 Å². The Balaban J connectivity index is 1.43. The van der Waals surface area contributed by atoms with E-state index in [1.54, 1.807) is 11.5 Å². The summed E-state index contributed by atoms with van der Waals surface area (Å²) in [7, 11) is 0. The van der Waals surface area contributed by atoms with E-state index in [1.165, 1.54) is 16.7 Å². The zero-order valence-electron chi connectivity index (χ0n) is 16.6. The summed E-state index contributed by atoms with van der Waals surface area (Å²) >= 11 is 0. The van der Waals surface area contributed by atoms with Gasteiger partial charge < -0.3 is 10.7 Å².